The van der Waals surface area contributed by atoms with E-state index in [0.29, 0.717) is 56.0 Å². The first-order valence-corrected chi connectivity index (χ1v) is 40.8. The van der Waals surface area contributed by atoms with Crippen LogP contribution < -0.4 is 9.47 Å². The molecule has 2 aromatic heterocycles. The van der Waals surface area contributed by atoms with Crippen molar-refractivity contribution in [3.63, 3.8) is 0 Å². The second-order valence-corrected chi connectivity index (χ2v) is 48.3. The first kappa shape index (κ1) is 81.1. The first-order chi connectivity index (χ1) is 44.6. The van der Waals surface area contributed by atoms with Crippen molar-refractivity contribution in [3.8, 4) is 56.6 Å². The standard InChI is InChI=1S/C88H112F2GeN2O4.2CH3.Hf/c1-53(2)91(54(3)4,51-96-77-37-31-61(89)47-67(77)69-43-59(87(23,24)49-81(5,6)7)45-75(79(69)94)92-71-33-27-55(83(11,12)13)39-63(71)64-40-56(84(14,15)16)28-34-72(64)92)52-97-78-38-32-62(90)48-68(78)70-44-60(88(25,26)50-82(8,9)10)46-76(80(70)95)93-73-35-29-57(85(17,18)19)41-65(73)66-42-58(86(20,21)22)30-36-74(66)93;;;/h27-48,53-54,94-95H,49-52H2,1-26H3;2*1H3;/q;2*-1;. The molecule has 0 amide bonds. The number of hydrogen-bond donors (Lipinski definition) is 2. The van der Waals surface area contributed by atoms with Crippen LogP contribution in [-0.2, 0) is 58.3 Å². The molecule has 10 heteroatoms. The molecule has 0 saturated heterocycles. The first-order valence-electron chi connectivity index (χ1n) is 35.4. The Kier molecular flexibility index (Phi) is 23.1. The quantitative estimate of drug-likeness (QED) is 0.0747. The van der Waals surface area contributed by atoms with Gasteiger partial charge in [-0.15, -0.1) is 0 Å². The van der Waals surface area contributed by atoms with Gasteiger partial charge in [-0.05, 0) is 21.7 Å². The molecule has 6 nitrogen and oxygen atoms in total. The van der Waals surface area contributed by atoms with Crippen molar-refractivity contribution in [2.24, 2.45) is 10.8 Å². The van der Waals surface area contributed by atoms with Crippen LogP contribution in [0.25, 0.3) is 77.2 Å². The zero-order valence-electron chi connectivity index (χ0n) is 66.0. The molecule has 0 atom stereocenters. The molecule has 536 valence electrons. The molecule has 2 heterocycles. The van der Waals surface area contributed by atoms with Gasteiger partial charge in [-0.2, -0.15) is 0 Å². The van der Waals surface area contributed by atoms with Gasteiger partial charge in [0.15, 0.2) is 0 Å². The van der Waals surface area contributed by atoms with E-state index < -0.39 is 35.7 Å². The van der Waals surface area contributed by atoms with Crippen LogP contribution >= 0.6 is 0 Å². The number of phenols is 2. The summed E-state index contributed by atoms with van der Waals surface area (Å²) in [5.74, 6) is 0.0717. The summed E-state index contributed by atoms with van der Waals surface area (Å²) in [5, 5.41) is 31.0. The van der Waals surface area contributed by atoms with Crippen LogP contribution in [0, 0.1) is 37.3 Å². The fourth-order valence-corrected chi connectivity index (χ4v) is 23.1. The van der Waals surface area contributed by atoms with E-state index >= 15 is 8.78 Å². The second kappa shape index (κ2) is 28.5. The Labute approximate surface area is 622 Å². The SMILES string of the molecule is C[CH](C)[Ge]([CH2]Oc1ccc(F)cc1-c1cc(C(C)(C)CC(C)(C)C)cc(-n2c3ccc(C(C)(C)C)cc3c3cc(C(C)(C)C)ccc32)c1O)([CH2]Oc1ccc(F)cc1-c1cc(C(C)(C)CC(C)(C)C)cc(-n2c3ccc(C(C)(C)C)cc3c3cc(C(C)(C)C)ccc32)c1O)[CH](C)C.[CH3-].[CH3-].[Hf]. The average Bonchev–Trinajstić information content (AvgIpc) is 1.53. The molecule has 0 aliphatic rings. The third-order valence-electron chi connectivity index (χ3n) is 20.9. The number of benzene rings is 8. The van der Waals surface area contributed by atoms with Gasteiger partial charge in [0.05, 0.1) is 0 Å². The summed E-state index contributed by atoms with van der Waals surface area (Å²) in [6.07, 6.45) is 1.67. The van der Waals surface area contributed by atoms with Crippen LogP contribution in [0.3, 0.4) is 0 Å². The molecule has 100 heavy (non-hydrogen) atoms. The summed E-state index contributed by atoms with van der Waals surface area (Å²) in [7, 11) is 0. The minimum atomic E-state index is -3.56. The van der Waals surface area contributed by atoms with Crippen molar-refractivity contribution in [3.05, 3.63) is 193 Å². The van der Waals surface area contributed by atoms with Gasteiger partial charge >= 0.3 is 481 Å². The fourth-order valence-electron chi connectivity index (χ4n) is 15.5. The van der Waals surface area contributed by atoms with Crippen LogP contribution in [-0.4, -0.2) is 43.5 Å². The zero-order valence-corrected chi connectivity index (χ0v) is 71.7. The minimum absolute atomic E-state index is 0. The minimum Gasteiger partial charge on any atom is -0.358 e. The Hall–Kier alpha value is -6.17. The van der Waals surface area contributed by atoms with Crippen molar-refractivity contribution in [1.82, 2.24) is 9.13 Å². The van der Waals surface area contributed by atoms with Crippen molar-refractivity contribution in [1.29, 1.82) is 0 Å². The normalized spacial score (nSPS) is 13.2. The number of hydrogen-bond acceptors (Lipinski definition) is 4. The molecule has 10 rings (SSSR count). The van der Waals surface area contributed by atoms with Crippen molar-refractivity contribution >= 4 is 56.9 Å². The molecule has 0 fully saturated rings. The molecule has 8 aromatic carbocycles. The van der Waals surface area contributed by atoms with Gasteiger partial charge in [0.2, 0.25) is 0 Å². The topological polar surface area (TPSA) is 68.8 Å². The maximum Gasteiger partial charge on any atom is 0 e. The molecule has 0 unspecified atom stereocenters. The van der Waals surface area contributed by atoms with Crippen LogP contribution in [0.1, 0.15) is 226 Å². The largest absolute Gasteiger partial charge is 0.358 e. The summed E-state index contributed by atoms with van der Waals surface area (Å²) >= 11 is -3.56. The second-order valence-electron chi connectivity index (χ2n) is 37.0. The summed E-state index contributed by atoms with van der Waals surface area (Å²) in [4.78, 5) is 0. The molecule has 10 aromatic rings. The predicted molar refractivity (Wildman–Crippen MR) is 424 cm³/mol. The van der Waals surface area contributed by atoms with Gasteiger partial charge in [-0.3, -0.25) is 0 Å². The van der Waals surface area contributed by atoms with E-state index in [0.717, 1.165) is 67.6 Å². The molecular weight excluding hydrogens is 1460 g/mol. The zero-order chi connectivity index (χ0) is 71.6. The average molecular weight is 1580 g/mol. The molecular formula is C90H118F2GeHfN2O4-2. The number of aromatic hydroxyl groups is 2. The van der Waals surface area contributed by atoms with Crippen molar-refractivity contribution < 1.29 is 54.3 Å². The van der Waals surface area contributed by atoms with Gasteiger partial charge < -0.3 is 14.9 Å². The van der Waals surface area contributed by atoms with Gasteiger partial charge in [-0.1, -0.05) is 83.1 Å². The third-order valence-corrected chi connectivity index (χ3v) is 33.4. The van der Waals surface area contributed by atoms with E-state index in [1.54, 1.807) is 12.1 Å². The van der Waals surface area contributed by atoms with Crippen LogP contribution in [0.5, 0.6) is 23.0 Å². The maximum absolute atomic E-state index is 16.4. The Morgan fingerprint density at radius 1 is 0.360 bits per heavy atom. The molecule has 0 saturated carbocycles. The number of fused-ring (bicyclic) bond motifs is 6. The summed E-state index contributed by atoms with van der Waals surface area (Å²) in [6, 6.07) is 44.6. The van der Waals surface area contributed by atoms with E-state index in [4.69, 9.17) is 9.47 Å². The summed E-state index contributed by atoms with van der Waals surface area (Å²) in [5.41, 5.74) is 13.2. The van der Waals surface area contributed by atoms with E-state index in [1.165, 1.54) is 46.5 Å². The van der Waals surface area contributed by atoms with E-state index in [9.17, 15) is 10.2 Å². The van der Waals surface area contributed by atoms with Crippen LogP contribution in [0.4, 0.5) is 8.78 Å². The summed E-state index contributed by atoms with van der Waals surface area (Å²) in [6.45, 7) is 58.5. The fraction of sp³-hybridized carbons (Fsp3) is 0.444. The Morgan fingerprint density at radius 2 is 0.630 bits per heavy atom. The monoisotopic (exact) mass is 1580 g/mol. The van der Waals surface area contributed by atoms with E-state index in [1.807, 2.05) is 0 Å². The number of ether oxygens (including phenoxy) is 2. The van der Waals surface area contributed by atoms with E-state index in [2.05, 4.69) is 286 Å². The smallest absolute Gasteiger partial charge is 0 e. The van der Waals surface area contributed by atoms with Crippen molar-refractivity contribution in [2.75, 3.05) is 10.9 Å². The number of nitrogens with zero attached hydrogens (tertiary/aromatic N) is 2. The Balaban J connectivity index is 0.00000468. The molecule has 0 radical (unpaired) electrons. The van der Waals surface area contributed by atoms with Gasteiger partial charge in [0.25, 0.3) is 0 Å². The Bertz CT molecular complexity index is 4220. The molecule has 0 spiro atoms. The maximum atomic E-state index is 16.4. The van der Waals surface area contributed by atoms with E-state index in [-0.39, 0.29) is 94.2 Å². The number of phenolic OH excluding ortho intramolecular Hbond substituents is 2. The molecule has 0 aliphatic heterocycles. The Morgan fingerprint density at radius 3 is 0.870 bits per heavy atom. The van der Waals surface area contributed by atoms with Gasteiger partial charge in [0, 0.05) is 25.8 Å². The number of rotatable bonds is 16. The predicted octanol–water partition coefficient (Wildman–Crippen LogP) is 26.2. The van der Waals surface area contributed by atoms with Crippen molar-refractivity contribution in [2.45, 2.75) is 235 Å². The molecule has 0 bridgehead atoms. The molecule has 0 aliphatic carbocycles. The number of aromatic nitrogens is 2. The van der Waals surface area contributed by atoms with Crippen LogP contribution in [0.15, 0.2) is 133 Å². The van der Waals surface area contributed by atoms with Gasteiger partial charge in [-0.25, -0.2) is 0 Å². The third kappa shape index (κ3) is 16.3. The van der Waals surface area contributed by atoms with Crippen LogP contribution in [0.2, 0.25) is 9.50 Å². The summed E-state index contributed by atoms with van der Waals surface area (Å²) < 4.78 is 52.0. The van der Waals surface area contributed by atoms with Gasteiger partial charge in [0.1, 0.15) is 0 Å². The number of halogens is 2. The molecule has 2 N–H and O–H groups in total.